The number of anilines is 2. The van der Waals surface area contributed by atoms with Crippen LogP contribution in [0.2, 0.25) is 0 Å². The Labute approximate surface area is 174 Å². The van der Waals surface area contributed by atoms with Crippen molar-refractivity contribution in [3.63, 3.8) is 0 Å². The van der Waals surface area contributed by atoms with Gasteiger partial charge in [-0.15, -0.1) is 0 Å². The summed E-state index contributed by atoms with van der Waals surface area (Å²) < 4.78 is 45.4. The van der Waals surface area contributed by atoms with E-state index in [1.165, 1.54) is 24.5 Å². The number of thiazole rings is 1. The second-order valence-electron chi connectivity index (χ2n) is 6.75. The molecule has 1 aliphatic heterocycles. The Kier molecular flexibility index (Phi) is 5.42. The van der Waals surface area contributed by atoms with E-state index in [1.54, 1.807) is 29.2 Å². The zero-order valence-corrected chi connectivity index (χ0v) is 16.9. The van der Waals surface area contributed by atoms with E-state index in [4.69, 9.17) is 4.74 Å². The van der Waals surface area contributed by atoms with Gasteiger partial charge in [-0.1, -0.05) is 29.5 Å². The van der Waals surface area contributed by atoms with Crippen molar-refractivity contribution in [2.24, 2.45) is 0 Å². The molecule has 10 heteroatoms. The molecule has 0 aliphatic carbocycles. The van der Waals surface area contributed by atoms with Gasteiger partial charge in [-0.3, -0.25) is 0 Å². The van der Waals surface area contributed by atoms with Gasteiger partial charge >= 0.3 is 12.2 Å². The van der Waals surface area contributed by atoms with E-state index >= 15 is 0 Å². The van der Waals surface area contributed by atoms with Crippen molar-refractivity contribution in [3.05, 3.63) is 48.0 Å². The average Bonchev–Trinajstić information content (AvgIpc) is 3.17. The Balaban J connectivity index is 1.44. The summed E-state index contributed by atoms with van der Waals surface area (Å²) in [5, 5.41) is 3.37. The number of halogens is 3. The number of nitrogens with one attached hydrogen (secondary N) is 1. The highest BCUT2D eigenvalue weighted by molar-refractivity contribution is 7.22. The lowest BCUT2D eigenvalue weighted by Crippen LogP contribution is -2.50. The van der Waals surface area contributed by atoms with Gasteiger partial charge in [0.15, 0.2) is 5.13 Å². The van der Waals surface area contributed by atoms with Crippen molar-refractivity contribution in [2.45, 2.75) is 6.18 Å². The van der Waals surface area contributed by atoms with Crippen molar-refractivity contribution in [3.8, 4) is 5.75 Å². The third-order valence-corrected chi connectivity index (χ3v) is 5.98. The highest BCUT2D eigenvalue weighted by atomic mass is 32.1. The number of alkyl halides is 3. The maximum Gasteiger partial charge on any atom is 0.418 e. The van der Waals surface area contributed by atoms with Crippen LogP contribution in [0.5, 0.6) is 5.75 Å². The van der Waals surface area contributed by atoms with Crippen LogP contribution in [-0.2, 0) is 6.18 Å². The Morgan fingerprint density at radius 2 is 1.83 bits per heavy atom. The largest absolute Gasteiger partial charge is 0.495 e. The van der Waals surface area contributed by atoms with Crippen LogP contribution in [0.15, 0.2) is 42.5 Å². The predicted molar refractivity (Wildman–Crippen MR) is 110 cm³/mol. The second kappa shape index (κ2) is 8.02. The summed E-state index contributed by atoms with van der Waals surface area (Å²) in [6.07, 6.45) is -4.44. The van der Waals surface area contributed by atoms with Gasteiger partial charge < -0.3 is 19.9 Å². The summed E-state index contributed by atoms with van der Waals surface area (Å²) >= 11 is 1.23. The molecule has 0 saturated carbocycles. The summed E-state index contributed by atoms with van der Waals surface area (Å²) in [5.41, 5.74) is -0.169. The molecular weight excluding hydrogens is 417 g/mol. The van der Waals surface area contributed by atoms with Gasteiger partial charge in [-0.2, -0.15) is 13.2 Å². The quantitative estimate of drug-likeness (QED) is 0.648. The van der Waals surface area contributed by atoms with E-state index < -0.39 is 11.7 Å². The number of amides is 2. The Morgan fingerprint density at radius 1 is 1.10 bits per heavy atom. The van der Waals surface area contributed by atoms with Gasteiger partial charge in [-0.05, 0) is 24.3 Å². The Hall–Kier alpha value is -3.01. The van der Waals surface area contributed by atoms with E-state index in [0.717, 1.165) is 6.07 Å². The van der Waals surface area contributed by atoms with Gasteiger partial charge in [0.1, 0.15) is 5.75 Å². The van der Waals surface area contributed by atoms with Gasteiger partial charge in [0.2, 0.25) is 0 Å². The second-order valence-corrected chi connectivity index (χ2v) is 7.76. The number of fused-ring (bicyclic) bond motifs is 1. The zero-order valence-electron chi connectivity index (χ0n) is 16.1. The van der Waals surface area contributed by atoms with Crippen molar-refractivity contribution < 1.29 is 22.7 Å². The summed E-state index contributed by atoms with van der Waals surface area (Å²) in [7, 11) is 1.53. The summed E-state index contributed by atoms with van der Waals surface area (Å²) in [6.45, 7) is 1.84. The fourth-order valence-electron chi connectivity index (χ4n) is 3.34. The maximum atomic E-state index is 13.2. The molecule has 1 saturated heterocycles. The van der Waals surface area contributed by atoms with Crippen LogP contribution < -0.4 is 15.0 Å². The minimum Gasteiger partial charge on any atom is -0.495 e. The molecule has 2 heterocycles. The van der Waals surface area contributed by atoms with Crippen LogP contribution >= 0.6 is 11.3 Å². The van der Waals surface area contributed by atoms with Crippen LogP contribution in [0.25, 0.3) is 10.2 Å². The smallest absolute Gasteiger partial charge is 0.418 e. The van der Waals surface area contributed by atoms with Gasteiger partial charge in [0.05, 0.1) is 28.6 Å². The molecule has 4 rings (SSSR count). The Morgan fingerprint density at radius 3 is 2.53 bits per heavy atom. The molecule has 0 radical (unpaired) electrons. The normalized spacial score (nSPS) is 14.8. The number of carbonyl (C=O) groups is 1. The molecule has 0 bridgehead atoms. The summed E-state index contributed by atoms with van der Waals surface area (Å²) in [4.78, 5) is 20.4. The minimum atomic E-state index is -4.44. The molecular formula is C20H19F3N4O2S. The number of carbonyl (C=O) groups excluding carboxylic acids is 1. The number of para-hydroxylation sites is 3. The fourth-order valence-corrected chi connectivity index (χ4v) is 4.39. The van der Waals surface area contributed by atoms with Crippen LogP contribution in [0.4, 0.5) is 28.8 Å². The third kappa shape index (κ3) is 4.00. The van der Waals surface area contributed by atoms with E-state index in [-0.39, 0.29) is 11.5 Å². The first-order valence-corrected chi connectivity index (χ1v) is 10.1. The lowest BCUT2D eigenvalue weighted by Gasteiger charge is -2.34. The summed E-state index contributed by atoms with van der Waals surface area (Å²) in [5.74, 6) is 0.569. The molecule has 6 nitrogen and oxygen atoms in total. The first-order chi connectivity index (χ1) is 14.4. The highest BCUT2D eigenvalue weighted by Crippen LogP contribution is 2.38. The number of nitrogens with zero attached hydrogens (tertiary/aromatic N) is 3. The topological polar surface area (TPSA) is 57.7 Å². The minimum absolute atomic E-state index is 0.0265. The zero-order chi connectivity index (χ0) is 21.3. The molecule has 1 aromatic heterocycles. The number of aromatic nitrogens is 1. The average molecular weight is 436 g/mol. The third-order valence-electron chi connectivity index (χ3n) is 4.90. The number of urea groups is 1. The molecule has 3 aromatic rings. The molecule has 1 fully saturated rings. The molecule has 30 heavy (non-hydrogen) atoms. The molecule has 0 unspecified atom stereocenters. The molecule has 1 N–H and O–H groups in total. The van der Waals surface area contributed by atoms with Crippen LogP contribution in [0.1, 0.15) is 5.56 Å². The first-order valence-electron chi connectivity index (χ1n) is 9.27. The van der Waals surface area contributed by atoms with E-state index in [0.29, 0.717) is 47.4 Å². The van der Waals surface area contributed by atoms with Gasteiger partial charge in [0, 0.05) is 26.2 Å². The molecule has 0 atom stereocenters. The maximum absolute atomic E-state index is 13.2. The van der Waals surface area contributed by atoms with Crippen LogP contribution in [0, 0.1) is 0 Å². The summed E-state index contributed by atoms with van der Waals surface area (Å²) in [6, 6.07) is 11.0. The monoisotopic (exact) mass is 436 g/mol. The lowest BCUT2D eigenvalue weighted by molar-refractivity contribution is -0.136. The Bertz CT molecular complexity index is 1060. The predicted octanol–water partition coefficient (Wildman–Crippen LogP) is 4.68. The van der Waals surface area contributed by atoms with E-state index in [2.05, 4.69) is 10.3 Å². The number of piperazine rings is 1. The number of methoxy groups -OCH3 is 1. The lowest BCUT2D eigenvalue weighted by atomic mass is 10.2. The van der Waals surface area contributed by atoms with Gasteiger partial charge in [-0.25, -0.2) is 9.78 Å². The number of rotatable bonds is 3. The number of ether oxygens (including phenoxy) is 1. The van der Waals surface area contributed by atoms with Gasteiger partial charge in [0.25, 0.3) is 0 Å². The number of hydrogen-bond acceptors (Lipinski definition) is 5. The number of hydrogen-bond donors (Lipinski definition) is 1. The van der Waals surface area contributed by atoms with Crippen LogP contribution in [0.3, 0.4) is 0 Å². The first kappa shape index (κ1) is 20.3. The van der Waals surface area contributed by atoms with Crippen molar-refractivity contribution in [1.29, 1.82) is 0 Å². The molecule has 2 aromatic carbocycles. The fraction of sp³-hybridized carbons (Fsp3) is 0.300. The molecule has 158 valence electrons. The van der Waals surface area contributed by atoms with E-state index in [1.807, 2.05) is 11.0 Å². The van der Waals surface area contributed by atoms with Crippen molar-refractivity contribution in [1.82, 2.24) is 9.88 Å². The van der Waals surface area contributed by atoms with Crippen LogP contribution in [-0.4, -0.2) is 49.2 Å². The van der Waals surface area contributed by atoms with E-state index in [9.17, 15) is 18.0 Å². The van der Waals surface area contributed by atoms with Crippen molar-refractivity contribution in [2.75, 3.05) is 43.5 Å². The SMILES string of the molecule is COc1ccccc1NC(=O)N1CCN(c2nc3c(C(F)(F)F)cccc3s2)CC1. The molecule has 0 spiro atoms. The molecule has 2 amide bonds. The highest BCUT2D eigenvalue weighted by Gasteiger charge is 2.34. The molecule has 1 aliphatic rings. The van der Waals surface area contributed by atoms with Crippen molar-refractivity contribution >= 4 is 38.4 Å². The standard InChI is InChI=1S/C20H19F3N4O2S/c1-29-15-7-3-2-6-14(15)24-18(28)26-9-11-27(12-10-26)19-25-17-13(20(21,22)23)5-4-8-16(17)30-19/h2-8H,9-12H2,1H3,(H,24,28). The number of benzene rings is 2.